The lowest BCUT2D eigenvalue weighted by molar-refractivity contribution is 0.0828. The lowest BCUT2D eigenvalue weighted by Crippen LogP contribution is -2.45. The monoisotopic (exact) mass is 312 g/mol. The van der Waals surface area contributed by atoms with Crippen LogP contribution in [0.2, 0.25) is 0 Å². The number of anilines is 1. The normalized spacial score (nSPS) is 25.2. The van der Waals surface area contributed by atoms with Gasteiger partial charge in [-0.3, -0.25) is 0 Å². The van der Waals surface area contributed by atoms with E-state index in [1.165, 1.54) is 50.7 Å². The summed E-state index contributed by atoms with van der Waals surface area (Å²) in [4.78, 5) is 13.7. The van der Waals surface area contributed by atoms with Crippen LogP contribution in [0.3, 0.4) is 0 Å². The van der Waals surface area contributed by atoms with Crippen molar-refractivity contribution in [3.63, 3.8) is 0 Å². The average molecular weight is 312 g/mol. The van der Waals surface area contributed by atoms with Gasteiger partial charge in [0.25, 0.3) is 0 Å². The number of primary amides is 1. The Kier molecular flexibility index (Phi) is 3.73. The number of urea groups is 1. The third-order valence-corrected chi connectivity index (χ3v) is 5.42. The number of hydrogen-bond donors (Lipinski definition) is 2. The van der Waals surface area contributed by atoms with Crippen LogP contribution in [0.4, 0.5) is 10.5 Å². The summed E-state index contributed by atoms with van der Waals surface area (Å²) >= 11 is 0. The van der Waals surface area contributed by atoms with Crippen LogP contribution in [0.5, 0.6) is 0 Å². The molecule has 2 aliphatic rings. The van der Waals surface area contributed by atoms with E-state index >= 15 is 0 Å². The molecule has 2 atom stereocenters. The molecule has 3 heterocycles. The highest BCUT2D eigenvalue weighted by atomic mass is 16.2. The van der Waals surface area contributed by atoms with Crippen LogP contribution in [0, 0.1) is 0 Å². The predicted molar refractivity (Wildman–Crippen MR) is 92.6 cm³/mol. The molecule has 122 valence electrons. The fourth-order valence-electron chi connectivity index (χ4n) is 4.32. The molecule has 5 heteroatoms. The lowest BCUT2D eigenvalue weighted by Gasteiger charge is -2.43. The second-order valence-electron chi connectivity index (χ2n) is 6.85. The fourth-order valence-corrected chi connectivity index (χ4v) is 4.32. The van der Waals surface area contributed by atoms with Crippen molar-refractivity contribution >= 4 is 22.6 Å². The minimum Gasteiger partial charge on any atom is -0.351 e. The number of fused-ring (bicyclic) bond motifs is 2. The van der Waals surface area contributed by atoms with Gasteiger partial charge in [0.15, 0.2) is 0 Å². The predicted octanol–water partition coefficient (Wildman–Crippen LogP) is 3.32. The molecular weight excluding hydrogens is 288 g/mol. The molecule has 23 heavy (non-hydrogen) atoms. The molecule has 5 nitrogen and oxygen atoms in total. The van der Waals surface area contributed by atoms with Gasteiger partial charge in [0, 0.05) is 41.4 Å². The summed E-state index contributed by atoms with van der Waals surface area (Å²) in [5.41, 5.74) is 7.19. The first-order chi connectivity index (χ1) is 11.2. The number of amides is 2. The van der Waals surface area contributed by atoms with Crippen LogP contribution in [-0.2, 0) is 0 Å². The van der Waals surface area contributed by atoms with E-state index in [-0.39, 0.29) is 0 Å². The summed E-state index contributed by atoms with van der Waals surface area (Å²) < 4.78 is 2.43. The number of nitrogens with one attached hydrogen (secondary N) is 1. The van der Waals surface area contributed by atoms with Gasteiger partial charge in [-0.15, -0.1) is 0 Å². The molecule has 0 saturated carbocycles. The average Bonchev–Trinajstić information content (AvgIpc) is 2.97. The summed E-state index contributed by atoms with van der Waals surface area (Å²) in [7, 11) is 0. The Balaban J connectivity index is 1.58. The van der Waals surface area contributed by atoms with Crippen LogP contribution in [-0.4, -0.2) is 34.6 Å². The maximum Gasteiger partial charge on any atom is 0.316 e. The summed E-state index contributed by atoms with van der Waals surface area (Å²) in [6.45, 7) is 2.50. The van der Waals surface area contributed by atoms with E-state index in [1.807, 2.05) is 12.1 Å². The molecule has 0 radical (unpaired) electrons. The largest absolute Gasteiger partial charge is 0.351 e. The highest BCUT2D eigenvalue weighted by Gasteiger charge is 2.31. The van der Waals surface area contributed by atoms with Crippen molar-refractivity contribution in [1.29, 1.82) is 0 Å². The van der Waals surface area contributed by atoms with E-state index in [4.69, 9.17) is 5.73 Å². The molecule has 2 saturated heterocycles. The number of hydrogen-bond acceptors (Lipinski definition) is 2. The molecule has 0 aliphatic carbocycles. The number of carbonyl (C=O) groups excluding carboxylic acids is 1. The van der Waals surface area contributed by atoms with Gasteiger partial charge >= 0.3 is 6.03 Å². The number of piperidine rings is 2. The van der Waals surface area contributed by atoms with Crippen molar-refractivity contribution in [2.24, 2.45) is 5.73 Å². The molecule has 2 amide bonds. The Morgan fingerprint density at radius 2 is 2.04 bits per heavy atom. The van der Waals surface area contributed by atoms with E-state index in [2.05, 4.69) is 33.1 Å². The maximum absolute atomic E-state index is 11.0. The van der Waals surface area contributed by atoms with Crippen LogP contribution in [0.1, 0.15) is 38.1 Å². The second kappa shape index (κ2) is 5.89. The van der Waals surface area contributed by atoms with Gasteiger partial charge in [-0.1, -0.05) is 6.42 Å². The van der Waals surface area contributed by atoms with Crippen molar-refractivity contribution < 1.29 is 4.79 Å². The number of rotatable bonds is 2. The standard InChI is InChI=1S/C18H24N4O/c19-18(23)20-14-4-5-17-13(11-14)6-10-22(17)16-7-9-21-8-2-1-3-15(21)12-16/h4-6,10-11,15-16H,1-3,7-9,12H2,(H3,19,20,23). The van der Waals surface area contributed by atoms with Gasteiger partial charge in [0.05, 0.1) is 0 Å². The highest BCUT2D eigenvalue weighted by molar-refractivity contribution is 5.92. The molecule has 0 spiro atoms. The van der Waals surface area contributed by atoms with E-state index in [0.29, 0.717) is 6.04 Å². The summed E-state index contributed by atoms with van der Waals surface area (Å²) in [5, 5.41) is 3.80. The topological polar surface area (TPSA) is 63.3 Å². The van der Waals surface area contributed by atoms with E-state index < -0.39 is 6.03 Å². The minimum absolute atomic E-state index is 0.520. The van der Waals surface area contributed by atoms with Gasteiger partial charge in [-0.2, -0.15) is 0 Å². The smallest absolute Gasteiger partial charge is 0.316 e. The zero-order valence-electron chi connectivity index (χ0n) is 13.4. The molecule has 1 aromatic carbocycles. The second-order valence-corrected chi connectivity index (χ2v) is 6.85. The van der Waals surface area contributed by atoms with Crippen LogP contribution >= 0.6 is 0 Å². The summed E-state index contributed by atoms with van der Waals surface area (Å²) in [5.74, 6) is 0. The molecular formula is C18H24N4O. The zero-order valence-corrected chi connectivity index (χ0v) is 13.4. The highest BCUT2D eigenvalue weighted by Crippen LogP contribution is 2.34. The molecule has 1 aromatic heterocycles. The number of nitrogens with zero attached hydrogens (tertiary/aromatic N) is 2. The SMILES string of the molecule is NC(=O)Nc1ccc2c(ccn2C2CCN3CCCCC3C2)c1. The molecule has 4 rings (SSSR count). The molecule has 2 unspecified atom stereocenters. The Morgan fingerprint density at radius 1 is 1.13 bits per heavy atom. The van der Waals surface area contributed by atoms with Crippen molar-refractivity contribution in [3.8, 4) is 0 Å². The van der Waals surface area contributed by atoms with Gasteiger partial charge < -0.3 is 20.5 Å². The van der Waals surface area contributed by atoms with Crippen molar-refractivity contribution in [2.45, 2.75) is 44.2 Å². The zero-order chi connectivity index (χ0) is 15.8. The number of benzene rings is 1. The number of aromatic nitrogens is 1. The number of carbonyl (C=O) groups is 1. The maximum atomic E-state index is 11.0. The van der Waals surface area contributed by atoms with E-state index in [9.17, 15) is 4.79 Å². The van der Waals surface area contributed by atoms with Gasteiger partial charge in [-0.05, 0) is 56.5 Å². The van der Waals surface area contributed by atoms with Gasteiger partial charge in [0.1, 0.15) is 0 Å². The first kappa shape index (κ1) is 14.6. The van der Waals surface area contributed by atoms with Gasteiger partial charge in [-0.25, -0.2) is 4.79 Å². The number of nitrogens with two attached hydrogens (primary N) is 1. The first-order valence-corrected chi connectivity index (χ1v) is 8.62. The molecule has 2 aliphatic heterocycles. The fraction of sp³-hybridized carbons (Fsp3) is 0.500. The summed E-state index contributed by atoms with van der Waals surface area (Å²) in [6.07, 6.45) is 8.77. The van der Waals surface area contributed by atoms with Crippen molar-refractivity contribution in [3.05, 3.63) is 30.5 Å². The first-order valence-electron chi connectivity index (χ1n) is 8.62. The third kappa shape index (κ3) is 2.81. The third-order valence-electron chi connectivity index (χ3n) is 5.42. The molecule has 2 aromatic rings. The quantitative estimate of drug-likeness (QED) is 0.893. The minimum atomic E-state index is -0.520. The van der Waals surface area contributed by atoms with Crippen molar-refractivity contribution in [2.75, 3.05) is 18.4 Å². The lowest BCUT2D eigenvalue weighted by atomic mass is 9.90. The molecule has 3 N–H and O–H groups in total. The van der Waals surface area contributed by atoms with E-state index in [0.717, 1.165) is 17.1 Å². The Morgan fingerprint density at radius 3 is 2.91 bits per heavy atom. The van der Waals surface area contributed by atoms with Crippen LogP contribution in [0.15, 0.2) is 30.5 Å². The Hall–Kier alpha value is -2.01. The van der Waals surface area contributed by atoms with E-state index in [1.54, 1.807) is 0 Å². The van der Waals surface area contributed by atoms with Gasteiger partial charge in [0.2, 0.25) is 0 Å². The van der Waals surface area contributed by atoms with Crippen molar-refractivity contribution in [1.82, 2.24) is 9.47 Å². The molecule has 2 fully saturated rings. The summed E-state index contributed by atoms with van der Waals surface area (Å²) in [6, 6.07) is 8.97. The Labute approximate surface area is 136 Å². The molecule has 0 bridgehead atoms. The van der Waals surface area contributed by atoms with Crippen LogP contribution in [0.25, 0.3) is 10.9 Å². The van der Waals surface area contributed by atoms with Crippen LogP contribution < -0.4 is 11.1 Å². The Bertz CT molecular complexity index is 723.